The van der Waals surface area contributed by atoms with Crippen LogP contribution in [0.1, 0.15) is 47.0 Å². The average molecular weight is 231 g/mol. The maximum Gasteiger partial charge on any atom is 0.0954 e. The monoisotopic (exact) mass is 231 g/mol. The summed E-state index contributed by atoms with van der Waals surface area (Å²) in [6, 6.07) is -0.191. The van der Waals surface area contributed by atoms with Crippen LogP contribution >= 0.6 is 0 Å². The van der Waals surface area contributed by atoms with Gasteiger partial charge >= 0.3 is 0 Å². The van der Waals surface area contributed by atoms with Crippen molar-refractivity contribution in [2.24, 2.45) is 17.6 Å². The van der Waals surface area contributed by atoms with Gasteiger partial charge in [-0.3, -0.25) is 0 Å². The van der Waals surface area contributed by atoms with Gasteiger partial charge in [0.15, 0.2) is 0 Å². The fourth-order valence-electron chi connectivity index (χ4n) is 2.26. The molecule has 98 valence electrons. The van der Waals surface area contributed by atoms with E-state index in [9.17, 15) is 5.11 Å². The van der Waals surface area contributed by atoms with Gasteiger partial charge in [0.1, 0.15) is 0 Å². The topological polar surface area (TPSA) is 55.5 Å². The number of hydrogen-bond donors (Lipinski definition) is 2. The Morgan fingerprint density at radius 1 is 1.25 bits per heavy atom. The summed E-state index contributed by atoms with van der Waals surface area (Å²) < 4.78 is 5.40. The highest BCUT2D eigenvalue weighted by molar-refractivity contribution is 4.83. The average Bonchev–Trinajstić information content (AvgIpc) is 2.17. The van der Waals surface area contributed by atoms with E-state index in [4.69, 9.17) is 10.5 Å². The number of ether oxygens (including phenoxy) is 1. The SMILES string of the molecule is CCCC(C)C(OC)C(O)C(N)CC(C)C. The van der Waals surface area contributed by atoms with Crippen molar-refractivity contribution in [3.05, 3.63) is 0 Å². The summed E-state index contributed by atoms with van der Waals surface area (Å²) >= 11 is 0. The third kappa shape index (κ3) is 5.28. The van der Waals surface area contributed by atoms with Crippen LogP contribution in [0.2, 0.25) is 0 Å². The van der Waals surface area contributed by atoms with Crippen molar-refractivity contribution in [2.75, 3.05) is 7.11 Å². The molecule has 0 aliphatic carbocycles. The van der Waals surface area contributed by atoms with Crippen molar-refractivity contribution in [3.8, 4) is 0 Å². The van der Waals surface area contributed by atoms with Gasteiger partial charge in [0, 0.05) is 13.2 Å². The number of aliphatic hydroxyl groups is 1. The molecule has 0 radical (unpaired) electrons. The van der Waals surface area contributed by atoms with E-state index in [1.54, 1.807) is 7.11 Å². The Hall–Kier alpha value is -0.120. The second-order valence-corrected chi connectivity index (χ2v) is 5.25. The lowest BCUT2D eigenvalue weighted by Crippen LogP contribution is -2.47. The van der Waals surface area contributed by atoms with Crippen LogP contribution in [0.4, 0.5) is 0 Å². The molecule has 0 amide bonds. The second kappa shape index (κ2) is 8.04. The summed E-state index contributed by atoms with van der Waals surface area (Å²) in [6.07, 6.45) is 2.29. The van der Waals surface area contributed by atoms with Crippen molar-refractivity contribution in [3.63, 3.8) is 0 Å². The molecule has 0 aliphatic heterocycles. The summed E-state index contributed by atoms with van der Waals surface area (Å²) in [5, 5.41) is 10.2. The highest BCUT2D eigenvalue weighted by Gasteiger charge is 2.29. The summed E-state index contributed by atoms with van der Waals surface area (Å²) in [6.45, 7) is 8.49. The summed E-state index contributed by atoms with van der Waals surface area (Å²) in [5.74, 6) is 0.854. The van der Waals surface area contributed by atoms with Gasteiger partial charge < -0.3 is 15.6 Å². The molecule has 4 unspecified atom stereocenters. The van der Waals surface area contributed by atoms with E-state index >= 15 is 0 Å². The molecule has 3 N–H and O–H groups in total. The molecule has 0 aromatic carbocycles. The molecule has 16 heavy (non-hydrogen) atoms. The Bertz CT molecular complexity index is 173. The predicted octanol–water partition coefficient (Wildman–Crippen LogP) is 2.17. The molecule has 3 nitrogen and oxygen atoms in total. The third-order valence-corrected chi connectivity index (χ3v) is 3.10. The number of rotatable bonds is 8. The van der Waals surface area contributed by atoms with Crippen molar-refractivity contribution in [1.29, 1.82) is 0 Å². The van der Waals surface area contributed by atoms with Gasteiger partial charge in [-0.15, -0.1) is 0 Å². The highest BCUT2D eigenvalue weighted by Crippen LogP contribution is 2.20. The van der Waals surface area contributed by atoms with Gasteiger partial charge in [-0.1, -0.05) is 34.1 Å². The molecular formula is C13H29NO2. The number of methoxy groups -OCH3 is 1. The lowest BCUT2D eigenvalue weighted by molar-refractivity contribution is -0.0559. The zero-order valence-electron chi connectivity index (χ0n) is 11.4. The molecule has 0 saturated heterocycles. The molecule has 0 aromatic heterocycles. The van der Waals surface area contributed by atoms with Gasteiger partial charge in [0.25, 0.3) is 0 Å². The molecule has 0 heterocycles. The first-order valence-corrected chi connectivity index (χ1v) is 6.40. The Labute approximate surface area is 100 Å². The summed E-state index contributed by atoms with van der Waals surface area (Å²) in [5.41, 5.74) is 6.00. The third-order valence-electron chi connectivity index (χ3n) is 3.10. The van der Waals surface area contributed by atoms with Crippen LogP contribution in [0.15, 0.2) is 0 Å². The van der Waals surface area contributed by atoms with Crippen LogP contribution in [0, 0.1) is 11.8 Å². The molecule has 0 rings (SSSR count). The standard InChI is InChI=1S/C13H29NO2/c1-6-7-10(4)13(16-5)12(15)11(14)8-9(2)3/h9-13,15H,6-8,14H2,1-5H3. The predicted molar refractivity (Wildman–Crippen MR) is 68.3 cm³/mol. The van der Waals surface area contributed by atoms with Gasteiger partial charge in [0.2, 0.25) is 0 Å². The van der Waals surface area contributed by atoms with Crippen LogP contribution in [-0.4, -0.2) is 30.5 Å². The largest absolute Gasteiger partial charge is 0.389 e. The molecule has 0 spiro atoms. The first-order valence-electron chi connectivity index (χ1n) is 6.40. The molecule has 0 aromatic rings. The zero-order valence-corrected chi connectivity index (χ0v) is 11.4. The van der Waals surface area contributed by atoms with Crippen LogP contribution < -0.4 is 5.73 Å². The van der Waals surface area contributed by atoms with E-state index in [1.807, 2.05) is 0 Å². The van der Waals surface area contributed by atoms with Crippen LogP contribution in [0.25, 0.3) is 0 Å². The Balaban J connectivity index is 4.33. The maximum absolute atomic E-state index is 10.2. The van der Waals surface area contributed by atoms with Crippen molar-refractivity contribution in [2.45, 2.75) is 65.2 Å². The van der Waals surface area contributed by atoms with Gasteiger partial charge in [-0.2, -0.15) is 0 Å². The highest BCUT2D eigenvalue weighted by atomic mass is 16.5. The quantitative estimate of drug-likeness (QED) is 0.673. The molecule has 0 fully saturated rings. The lowest BCUT2D eigenvalue weighted by atomic mass is 9.89. The molecule has 0 bridgehead atoms. The van der Waals surface area contributed by atoms with Crippen LogP contribution in [-0.2, 0) is 4.74 Å². The first kappa shape index (κ1) is 15.9. The minimum atomic E-state index is -0.561. The summed E-state index contributed by atoms with van der Waals surface area (Å²) in [4.78, 5) is 0. The van der Waals surface area contributed by atoms with Crippen molar-refractivity contribution < 1.29 is 9.84 Å². The Morgan fingerprint density at radius 2 is 1.81 bits per heavy atom. The lowest BCUT2D eigenvalue weighted by Gasteiger charge is -2.31. The minimum absolute atomic E-state index is 0.145. The van der Waals surface area contributed by atoms with Crippen LogP contribution in [0.3, 0.4) is 0 Å². The van der Waals surface area contributed by atoms with E-state index in [0.29, 0.717) is 11.8 Å². The molecule has 0 saturated carbocycles. The minimum Gasteiger partial charge on any atom is -0.389 e. The van der Waals surface area contributed by atoms with Crippen molar-refractivity contribution >= 4 is 0 Å². The molecular weight excluding hydrogens is 202 g/mol. The fraction of sp³-hybridized carbons (Fsp3) is 1.00. The Morgan fingerprint density at radius 3 is 2.19 bits per heavy atom. The zero-order chi connectivity index (χ0) is 12.7. The fourth-order valence-corrected chi connectivity index (χ4v) is 2.26. The molecule has 3 heteroatoms. The normalized spacial score (nSPS) is 19.5. The van der Waals surface area contributed by atoms with E-state index in [2.05, 4.69) is 27.7 Å². The Kier molecular flexibility index (Phi) is 7.98. The van der Waals surface area contributed by atoms with Gasteiger partial charge in [-0.25, -0.2) is 0 Å². The molecule has 0 aliphatic rings. The number of aliphatic hydroxyl groups excluding tert-OH is 1. The van der Waals surface area contributed by atoms with Gasteiger partial charge in [0.05, 0.1) is 12.2 Å². The number of hydrogen-bond acceptors (Lipinski definition) is 3. The van der Waals surface area contributed by atoms with Crippen molar-refractivity contribution in [1.82, 2.24) is 0 Å². The van der Waals surface area contributed by atoms with E-state index < -0.39 is 6.10 Å². The second-order valence-electron chi connectivity index (χ2n) is 5.25. The first-order chi connectivity index (χ1) is 7.43. The van der Waals surface area contributed by atoms with E-state index in [-0.39, 0.29) is 12.1 Å². The van der Waals surface area contributed by atoms with E-state index in [1.165, 1.54) is 0 Å². The number of nitrogens with two attached hydrogens (primary N) is 1. The van der Waals surface area contributed by atoms with Crippen LogP contribution in [0.5, 0.6) is 0 Å². The smallest absolute Gasteiger partial charge is 0.0954 e. The molecule has 4 atom stereocenters. The van der Waals surface area contributed by atoms with E-state index in [0.717, 1.165) is 19.3 Å². The maximum atomic E-state index is 10.2. The summed E-state index contributed by atoms with van der Waals surface area (Å²) in [7, 11) is 1.65. The van der Waals surface area contributed by atoms with Gasteiger partial charge in [-0.05, 0) is 24.7 Å².